The Morgan fingerprint density at radius 1 is 1.46 bits per heavy atom. The number of nitriles is 1. The summed E-state index contributed by atoms with van der Waals surface area (Å²) in [7, 11) is 0. The van der Waals surface area contributed by atoms with Crippen LogP contribution in [0.2, 0.25) is 0 Å². The van der Waals surface area contributed by atoms with Gasteiger partial charge < -0.3 is 5.11 Å². The molecule has 1 unspecified atom stereocenters. The van der Waals surface area contributed by atoms with Gasteiger partial charge in [0.15, 0.2) is 0 Å². The van der Waals surface area contributed by atoms with Crippen LogP contribution in [0.15, 0.2) is 36.4 Å². The SMILES string of the molecule is C=C(C#N)C(O)c1ccc(F)cc1. The fraction of sp³-hybridized carbons (Fsp3) is 0.100. The van der Waals surface area contributed by atoms with Gasteiger partial charge in [-0.3, -0.25) is 0 Å². The van der Waals surface area contributed by atoms with E-state index in [0.29, 0.717) is 5.56 Å². The second-order valence-electron chi connectivity index (χ2n) is 2.59. The quantitative estimate of drug-likeness (QED) is 0.701. The van der Waals surface area contributed by atoms with Gasteiger partial charge in [0.1, 0.15) is 11.9 Å². The highest BCUT2D eigenvalue weighted by Gasteiger charge is 2.10. The lowest BCUT2D eigenvalue weighted by molar-refractivity contribution is 0.221. The highest BCUT2D eigenvalue weighted by molar-refractivity contribution is 5.31. The van der Waals surface area contributed by atoms with E-state index >= 15 is 0 Å². The van der Waals surface area contributed by atoms with Crippen LogP contribution >= 0.6 is 0 Å². The van der Waals surface area contributed by atoms with Gasteiger partial charge in [-0.25, -0.2) is 4.39 Å². The van der Waals surface area contributed by atoms with E-state index in [2.05, 4.69) is 6.58 Å². The summed E-state index contributed by atoms with van der Waals surface area (Å²) in [6.07, 6.45) is -1.04. The van der Waals surface area contributed by atoms with Crippen molar-refractivity contribution < 1.29 is 9.50 Å². The third-order valence-corrected chi connectivity index (χ3v) is 1.66. The molecule has 0 radical (unpaired) electrons. The number of benzene rings is 1. The third kappa shape index (κ3) is 2.14. The number of halogens is 1. The third-order valence-electron chi connectivity index (χ3n) is 1.66. The molecule has 1 aromatic carbocycles. The molecule has 0 aliphatic heterocycles. The van der Waals surface area contributed by atoms with Crippen molar-refractivity contribution >= 4 is 0 Å². The molecule has 0 bridgehead atoms. The van der Waals surface area contributed by atoms with Gasteiger partial charge in [0.05, 0.1) is 11.6 Å². The molecular formula is C10H8FNO. The first-order chi connectivity index (χ1) is 6.15. The van der Waals surface area contributed by atoms with Crippen LogP contribution < -0.4 is 0 Å². The Kier molecular flexibility index (Phi) is 2.78. The fourth-order valence-corrected chi connectivity index (χ4v) is 0.907. The number of hydrogen-bond acceptors (Lipinski definition) is 2. The van der Waals surface area contributed by atoms with Crippen LogP contribution in [0, 0.1) is 17.1 Å². The van der Waals surface area contributed by atoms with Crippen LogP contribution in [0.3, 0.4) is 0 Å². The average molecular weight is 177 g/mol. The van der Waals surface area contributed by atoms with Gasteiger partial charge in [0.2, 0.25) is 0 Å². The van der Waals surface area contributed by atoms with E-state index in [4.69, 9.17) is 5.26 Å². The summed E-state index contributed by atoms with van der Waals surface area (Å²) in [6, 6.07) is 7.03. The Balaban J connectivity index is 2.91. The van der Waals surface area contributed by atoms with Crippen molar-refractivity contribution in [3.63, 3.8) is 0 Å². The molecule has 0 saturated carbocycles. The number of aliphatic hydroxyl groups is 1. The van der Waals surface area contributed by atoms with Crippen LogP contribution in [0.1, 0.15) is 11.7 Å². The Bertz CT molecular complexity index is 350. The van der Waals surface area contributed by atoms with Crippen LogP contribution in [0.4, 0.5) is 4.39 Å². The Labute approximate surface area is 75.6 Å². The minimum absolute atomic E-state index is 0.0478. The van der Waals surface area contributed by atoms with Gasteiger partial charge in [0.25, 0.3) is 0 Å². The van der Waals surface area contributed by atoms with Crippen LogP contribution in [-0.4, -0.2) is 5.11 Å². The van der Waals surface area contributed by atoms with Crippen LogP contribution in [-0.2, 0) is 0 Å². The predicted molar refractivity (Wildman–Crippen MR) is 46.1 cm³/mol. The smallest absolute Gasteiger partial charge is 0.123 e. The van der Waals surface area contributed by atoms with Gasteiger partial charge in [-0.05, 0) is 17.7 Å². The maximum Gasteiger partial charge on any atom is 0.123 e. The largest absolute Gasteiger partial charge is 0.383 e. The Hall–Kier alpha value is -1.66. The lowest BCUT2D eigenvalue weighted by Gasteiger charge is -2.07. The zero-order valence-electron chi connectivity index (χ0n) is 6.87. The monoisotopic (exact) mass is 177 g/mol. The van der Waals surface area contributed by atoms with E-state index in [0.717, 1.165) is 0 Å². The number of hydrogen-bond donors (Lipinski definition) is 1. The highest BCUT2D eigenvalue weighted by atomic mass is 19.1. The molecule has 66 valence electrons. The molecule has 1 aromatic rings. The summed E-state index contributed by atoms with van der Waals surface area (Å²) in [4.78, 5) is 0. The molecule has 1 N–H and O–H groups in total. The maximum absolute atomic E-state index is 12.5. The normalized spacial score (nSPS) is 11.8. The van der Waals surface area contributed by atoms with Gasteiger partial charge in [0, 0.05) is 0 Å². The number of aliphatic hydroxyl groups excluding tert-OH is 1. The first-order valence-corrected chi connectivity index (χ1v) is 3.67. The molecule has 0 heterocycles. The maximum atomic E-state index is 12.5. The van der Waals surface area contributed by atoms with E-state index < -0.39 is 6.10 Å². The summed E-state index contributed by atoms with van der Waals surface area (Å²) >= 11 is 0. The molecular weight excluding hydrogens is 169 g/mol. The number of nitrogens with zero attached hydrogens (tertiary/aromatic N) is 1. The molecule has 0 aliphatic rings. The minimum Gasteiger partial charge on any atom is -0.383 e. The van der Waals surface area contributed by atoms with Crippen molar-refractivity contribution in [1.29, 1.82) is 5.26 Å². The molecule has 0 aromatic heterocycles. The van der Waals surface area contributed by atoms with Crippen molar-refractivity contribution in [1.82, 2.24) is 0 Å². The van der Waals surface area contributed by atoms with Crippen molar-refractivity contribution in [2.45, 2.75) is 6.10 Å². The molecule has 0 saturated heterocycles. The van der Waals surface area contributed by atoms with Gasteiger partial charge in [-0.15, -0.1) is 0 Å². The summed E-state index contributed by atoms with van der Waals surface area (Å²) < 4.78 is 12.5. The van der Waals surface area contributed by atoms with E-state index in [1.54, 1.807) is 6.07 Å². The molecule has 1 rings (SSSR count). The average Bonchev–Trinajstić information content (AvgIpc) is 2.17. The lowest BCUT2D eigenvalue weighted by atomic mass is 10.0. The van der Waals surface area contributed by atoms with E-state index in [-0.39, 0.29) is 11.4 Å². The zero-order chi connectivity index (χ0) is 9.84. The standard InChI is InChI=1S/C10H8FNO/c1-7(6-12)10(13)8-2-4-9(11)5-3-8/h2-5,10,13H,1H2. The summed E-state index contributed by atoms with van der Waals surface area (Å²) in [5, 5.41) is 17.9. The van der Waals surface area contributed by atoms with Gasteiger partial charge in [-0.1, -0.05) is 18.7 Å². The number of rotatable bonds is 2. The minimum atomic E-state index is -1.04. The molecule has 0 aliphatic carbocycles. The second-order valence-corrected chi connectivity index (χ2v) is 2.59. The molecule has 13 heavy (non-hydrogen) atoms. The van der Waals surface area contributed by atoms with Crippen molar-refractivity contribution in [3.05, 3.63) is 47.8 Å². The first-order valence-electron chi connectivity index (χ1n) is 3.67. The summed E-state index contributed by atoms with van der Waals surface area (Å²) in [5.74, 6) is -0.376. The fourth-order valence-electron chi connectivity index (χ4n) is 0.907. The topological polar surface area (TPSA) is 44.0 Å². The Morgan fingerprint density at radius 3 is 2.46 bits per heavy atom. The zero-order valence-corrected chi connectivity index (χ0v) is 6.87. The van der Waals surface area contributed by atoms with Crippen molar-refractivity contribution in [2.75, 3.05) is 0 Å². The summed E-state index contributed by atoms with van der Waals surface area (Å²) in [6.45, 7) is 3.37. The van der Waals surface area contributed by atoms with E-state index in [1.807, 2.05) is 0 Å². The Morgan fingerprint density at radius 2 is 2.00 bits per heavy atom. The van der Waals surface area contributed by atoms with Crippen LogP contribution in [0.25, 0.3) is 0 Å². The van der Waals surface area contributed by atoms with Crippen molar-refractivity contribution in [2.24, 2.45) is 0 Å². The van der Waals surface area contributed by atoms with Crippen molar-refractivity contribution in [3.8, 4) is 6.07 Å². The molecule has 0 amide bonds. The predicted octanol–water partition coefficient (Wildman–Crippen LogP) is 1.94. The van der Waals surface area contributed by atoms with Gasteiger partial charge >= 0.3 is 0 Å². The highest BCUT2D eigenvalue weighted by Crippen LogP contribution is 2.19. The molecule has 3 heteroatoms. The summed E-state index contributed by atoms with van der Waals surface area (Å²) in [5.41, 5.74) is 0.513. The second kappa shape index (κ2) is 3.83. The molecule has 1 atom stereocenters. The first kappa shape index (κ1) is 9.43. The van der Waals surface area contributed by atoms with Gasteiger partial charge in [-0.2, -0.15) is 5.26 Å². The molecule has 0 fully saturated rings. The molecule has 0 spiro atoms. The van der Waals surface area contributed by atoms with Crippen LogP contribution in [0.5, 0.6) is 0 Å². The lowest BCUT2D eigenvalue weighted by Crippen LogP contribution is -1.98. The van der Waals surface area contributed by atoms with E-state index in [9.17, 15) is 9.50 Å². The molecule has 2 nitrogen and oxygen atoms in total. The van der Waals surface area contributed by atoms with E-state index in [1.165, 1.54) is 24.3 Å².